The summed E-state index contributed by atoms with van der Waals surface area (Å²) in [5.74, 6) is -0.0803. The van der Waals surface area contributed by atoms with Crippen molar-refractivity contribution in [1.82, 2.24) is 0 Å². The van der Waals surface area contributed by atoms with Crippen LogP contribution in [0.4, 0.5) is 13.2 Å². The Hall–Kier alpha value is -0.710. The average molecular weight is 325 g/mol. The maximum absolute atomic E-state index is 12.8. The second-order valence-electron chi connectivity index (χ2n) is 4.02. The van der Waals surface area contributed by atoms with Gasteiger partial charge in [0.2, 0.25) is 0 Å². The molecule has 102 valence electrons. The normalized spacial score (nSPS) is 11.6. The average Bonchev–Trinajstić information content (AvgIpc) is 2.33. The third kappa shape index (κ3) is 4.52. The Morgan fingerprint density at radius 1 is 1.22 bits per heavy atom. The van der Waals surface area contributed by atoms with E-state index < -0.39 is 11.7 Å². The van der Waals surface area contributed by atoms with Gasteiger partial charge in [-0.15, -0.1) is 0 Å². The summed E-state index contributed by atoms with van der Waals surface area (Å²) < 4.78 is 43.8. The van der Waals surface area contributed by atoms with Crippen LogP contribution in [0, 0.1) is 0 Å². The lowest BCUT2D eigenvalue weighted by Gasteiger charge is -2.14. The van der Waals surface area contributed by atoms with Crippen molar-refractivity contribution in [2.45, 2.75) is 37.7 Å². The molecule has 1 aromatic carbocycles. The third-order valence-corrected chi connectivity index (χ3v) is 3.16. The summed E-state index contributed by atoms with van der Waals surface area (Å²) in [6.07, 6.45) is -1.63. The smallest absolute Gasteiger partial charge is 0.419 e. The highest BCUT2D eigenvalue weighted by Gasteiger charge is 2.34. The summed E-state index contributed by atoms with van der Waals surface area (Å²) >= 11 is 3.15. The number of unbranched alkanes of at least 4 members (excludes halogenated alkanes) is 2. The lowest BCUT2D eigenvalue weighted by molar-refractivity contribution is -0.139. The van der Waals surface area contributed by atoms with Crippen molar-refractivity contribution in [2.24, 2.45) is 0 Å². The third-order valence-electron chi connectivity index (χ3n) is 2.51. The van der Waals surface area contributed by atoms with Crippen LogP contribution in [0.2, 0.25) is 0 Å². The summed E-state index contributed by atoms with van der Waals surface area (Å²) in [6.45, 7) is 2.36. The van der Waals surface area contributed by atoms with E-state index in [0.717, 1.165) is 25.3 Å². The molecule has 0 amide bonds. The Morgan fingerprint density at radius 2 is 1.94 bits per heavy atom. The van der Waals surface area contributed by atoms with Crippen molar-refractivity contribution in [2.75, 3.05) is 6.61 Å². The molecule has 1 aromatic rings. The number of ether oxygens (including phenoxy) is 1. The summed E-state index contributed by atoms with van der Waals surface area (Å²) in [5.41, 5.74) is -0.112. The van der Waals surface area contributed by atoms with Gasteiger partial charge in [-0.2, -0.15) is 13.2 Å². The molecule has 0 aromatic heterocycles. The molecule has 0 unspecified atom stereocenters. The van der Waals surface area contributed by atoms with Gasteiger partial charge in [-0.1, -0.05) is 41.8 Å². The first-order valence-corrected chi connectivity index (χ1v) is 7.00. The summed E-state index contributed by atoms with van der Waals surface area (Å²) in [4.78, 5) is 0. The molecule has 1 nitrogen and oxygen atoms in total. The minimum Gasteiger partial charge on any atom is -0.493 e. The molecule has 0 aliphatic heterocycles. The van der Waals surface area contributed by atoms with Crippen LogP contribution in [0.15, 0.2) is 18.2 Å². The Kier molecular flexibility index (Phi) is 5.99. The van der Waals surface area contributed by atoms with Crippen molar-refractivity contribution >= 4 is 15.9 Å². The maximum Gasteiger partial charge on any atom is 0.419 e. The van der Waals surface area contributed by atoms with Crippen LogP contribution in [-0.4, -0.2) is 6.61 Å². The van der Waals surface area contributed by atoms with E-state index in [-0.39, 0.29) is 5.75 Å². The van der Waals surface area contributed by atoms with Crippen molar-refractivity contribution in [1.29, 1.82) is 0 Å². The maximum atomic E-state index is 12.8. The number of alkyl halides is 4. The van der Waals surface area contributed by atoms with Crippen molar-refractivity contribution in [3.8, 4) is 5.75 Å². The zero-order chi connectivity index (χ0) is 13.6. The highest BCUT2D eigenvalue weighted by atomic mass is 79.9. The molecule has 18 heavy (non-hydrogen) atoms. The first-order valence-electron chi connectivity index (χ1n) is 5.88. The SMILES string of the molecule is CCCCCOc1ccc(CBr)cc1C(F)(F)F. The summed E-state index contributed by atoms with van der Waals surface area (Å²) in [7, 11) is 0. The second kappa shape index (κ2) is 7.02. The molecule has 0 bridgehead atoms. The van der Waals surface area contributed by atoms with E-state index in [4.69, 9.17) is 4.74 Å². The van der Waals surface area contributed by atoms with Crippen LogP contribution in [0.25, 0.3) is 0 Å². The Labute approximate surface area is 113 Å². The highest BCUT2D eigenvalue weighted by molar-refractivity contribution is 9.08. The van der Waals surface area contributed by atoms with E-state index in [1.807, 2.05) is 6.92 Å². The monoisotopic (exact) mass is 324 g/mol. The molecule has 0 fully saturated rings. The summed E-state index contributed by atoms with van der Waals surface area (Å²) in [6, 6.07) is 4.16. The fraction of sp³-hybridized carbons (Fsp3) is 0.538. The van der Waals surface area contributed by atoms with Gasteiger partial charge in [0.05, 0.1) is 12.2 Å². The van der Waals surface area contributed by atoms with E-state index >= 15 is 0 Å². The highest BCUT2D eigenvalue weighted by Crippen LogP contribution is 2.37. The first kappa shape index (κ1) is 15.3. The largest absolute Gasteiger partial charge is 0.493 e. The molecule has 0 aliphatic rings. The van der Waals surface area contributed by atoms with E-state index in [2.05, 4.69) is 15.9 Å². The van der Waals surface area contributed by atoms with Gasteiger partial charge in [0.15, 0.2) is 0 Å². The lowest BCUT2D eigenvalue weighted by Crippen LogP contribution is -2.10. The van der Waals surface area contributed by atoms with Gasteiger partial charge in [-0.3, -0.25) is 0 Å². The van der Waals surface area contributed by atoms with Gasteiger partial charge in [-0.05, 0) is 24.1 Å². The van der Waals surface area contributed by atoms with Gasteiger partial charge in [0.25, 0.3) is 0 Å². The van der Waals surface area contributed by atoms with Crippen LogP contribution in [-0.2, 0) is 11.5 Å². The van der Waals surface area contributed by atoms with Gasteiger partial charge in [-0.25, -0.2) is 0 Å². The minimum absolute atomic E-state index is 0.0803. The minimum atomic E-state index is -4.38. The molecule has 1 rings (SSSR count). The van der Waals surface area contributed by atoms with E-state index in [0.29, 0.717) is 17.5 Å². The van der Waals surface area contributed by atoms with E-state index in [9.17, 15) is 13.2 Å². The predicted molar refractivity (Wildman–Crippen MR) is 69.1 cm³/mol. The molecule has 0 aliphatic carbocycles. The molecular formula is C13H16BrF3O. The fourth-order valence-electron chi connectivity index (χ4n) is 1.54. The molecule has 0 N–H and O–H groups in total. The van der Waals surface area contributed by atoms with Crippen molar-refractivity contribution in [3.63, 3.8) is 0 Å². The molecule has 0 atom stereocenters. The van der Waals surface area contributed by atoms with Gasteiger partial charge < -0.3 is 4.74 Å². The lowest BCUT2D eigenvalue weighted by atomic mass is 10.1. The number of rotatable bonds is 6. The standard InChI is InChI=1S/C13H16BrF3O/c1-2-3-4-7-18-12-6-5-10(9-14)8-11(12)13(15,16)17/h5-6,8H,2-4,7,9H2,1H3. The van der Waals surface area contributed by atoms with E-state index in [1.54, 1.807) is 6.07 Å². The van der Waals surface area contributed by atoms with Crippen LogP contribution < -0.4 is 4.74 Å². The second-order valence-corrected chi connectivity index (χ2v) is 4.58. The molecule has 5 heteroatoms. The number of halogens is 4. The molecule has 0 saturated heterocycles. The predicted octanol–water partition coefficient (Wildman–Crippen LogP) is 5.17. The molecular weight excluding hydrogens is 309 g/mol. The van der Waals surface area contributed by atoms with Crippen molar-refractivity contribution < 1.29 is 17.9 Å². The van der Waals surface area contributed by atoms with Gasteiger partial charge in [0.1, 0.15) is 5.75 Å². The van der Waals surface area contributed by atoms with E-state index in [1.165, 1.54) is 6.07 Å². The Balaban J connectivity index is 2.82. The van der Waals surface area contributed by atoms with Crippen LogP contribution >= 0.6 is 15.9 Å². The van der Waals surface area contributed by atoms with Crippen LogP contribution in [0.1, 0.15) is 37.3 Å². The fourth-order valence-corrected chi connectivity index (χ4v) is 1.89. The molecule has 0 spiro atoms. The Morgan fingerprint density at radius 3 is 2.50 bits per heavy atom. The first-order chi connectivity index (χ1) is 8.49. The number of hydrogen-bond donors (Lipinski definition) is 0. The quantitative estimate of drug-likeness (QED) is 0.518. The van der Waals surface area contributed by atoms with Crippen LogP contribution in [0.5, 0.6) is 5.75 Å². The summed E-state index contributed by atoms with van der Waals surface area (Å²) in [5, 5.41) is 0.395. The molecule has 0 heterocycles. The zero-order valence-corrected chi connectivity index (χ0v) is 11.8. The topological polar surface area (TPSA) is 9.23 Å². The number of benzene rings is 1. The number of hydrogen-bond acceptors (Lipinski definition) is 1. The molecule has 0 radical (unpaired) electrons. The van der Waals surface area contributed by atoms with Crippen molar-refractivity contribution in [3.05, 3.63) is 29.3 Å². The molecule has 0 saturated carbocycles. The Bertz CT molecular complexity index is 377. The van der Waals surface area contributed by atoms with Crippen LogP contribution in [0.3, 0.4) is 0 Å². The zero-order valence-electron chi connectivity index (χ0n) is 10.2. The van der Waals surface area contributed by atoms with Gasteiger partial charge in [0, 0.05) is 5.33 Å². The van der Waals surface area contributed by atoms with Gasteiger partial charge >= 0.3 is 6.18 Å².